The van der Waals surface area contributed by atoms with E-state index in [1.54, 1.807) is 6.07 Å². The zero-order valence-corrected chi connectivity index (χ0v) is 10.5. The summed E-state index contributed by atoms with van der Waals surface area (Å²) >= 11 is 0. The Bertz CT molecular complexity index is 451. The molecule has 1 aliphatic heterocycles. The molecule has 0 radical (unpaired) electrons. The minimum atomic E-state index is -0.433. The number of methoxy groups -OCH3 is 1. The Morgan fingerprint density at radius 3 is 2.89 bits per heavy atom. The molecule has 1 aromatic carbocycles. The lowest BCUT2D eigenvalue weighted by Crippen LogP contribution is -2.39. The van der Waals surface area contributed by atoms with Crippen LogP contribution in [0.3, 0.4) is 0 Å². The Kier molecular flexibility index (Phi) is 3.81. The fraction of sp³-hybridized carbons (Fsp3) is 0.462. The number of halogens is 1. The number of rotatable bonds is 3. The molecule has 4 nitrogen and oxygen atoms in total. The fourth-order valence-electron chi connectivity index (χ4n) is 2.16. The zero-order chi connectivity index (χ0) is 13.1. The van der Waals surface area contributed by atoms with Gasteiger partial charge >= 0.3 is 0 Å². The van der Waals surface area contributed by atoms with E-state index in [1.165, 1.54) is 19.2 Å². The van der Waals surface area contributed by atoms with E-state index >= 15 is 0 Å². The molecule has 1 aromatic rings. The van der Waals surface area contributed by atoms with Crippen molar-refractivity contribution < 1.29 is 13.9 Å². The maximum absolute atomic E-state index is 13.3. The molecule has 0 aliphatic carbocycles. The lowest BCUT2D eigenvalue weighted by molar-refractivity contribution is -0.118. The van der Waals surface area contributed by atoms with Crippen LogP contribution in [0.2, 0.25) is 0 Å². The molecule has 1 fully saturated rings. The molecule has 1 amide bonds. The standard InChI is InChI=1S/C13H17FN2O2/c1-8-3-4-15-12(8)13(17)16-10-5-9(14)6-11(7-10)18-2/h5-8,12,15H,3-4H2,1-2H3,(H,16,17). The fourth-order valence-corrected chi connectivity index (χ4v) is 2.16. The van der Waals surface area contributed by atoms with Crippen molar-refractivity contribution in [3.8, 4) is 5.75 Å². The second-order valence-corrected chi connectivity index (χ2v) is 4.57. The largest absolute Gasteiger partial charge is 0.497 e. The number of anilines is 1. The van der Waals surface area contributed by atoms with Gasteiger partial charge < -0.3 is 15.4 Å². The number of amides is 1. The predicted octanol–water partition coefficient (Wildman–Crippen LogP) is 1.77. The van der Waals surface area contributed by atoms with Crippen molar-refractivity contribution >= 4 is 11.6 Å². The first-order valence-electron chi connectivity index (χ1n) is 5.99. The number of hydrogen-bond donors (Lipinski definition) is 2. The average Bonchev–Trinajstić information content (AvgIpc) is 2.74. The van der Waals surface area contributed by atoms with Gasteiger partial charge in [0.25, 0.3) is 0 Å². The van der Waals surface area contributed by atoms with Gasteiger partial charge in [0, 0.05) is 17.8 Å². The molecule has 18 heavy (non-hydrogen) atoms. The number of carbonyl (C=O) groups is 1. The van der Waals surface area contributed by atoms with Crippen molar-refractivity contribution in [2.24, 2.45) is 5.92 Å². The Hall–Kier alpha value is -1.62. The van der Waals surface area contributed by atoms with Crippen LogP contribution in [0.5, 0.6) is 5.75 Å². The van der Waals surface area contributed by atoms with Crippen molar-refractivity contribution in [2.45, 2.75) is 19.4 Å². The third kappa shape index (κ3) is 2.79. The molecule has 5 heteroatoms. The van der Waals surface area contributed by atoms with Gasteiger partial charge in [0.2, 0.25) is 5.91 Å². The highest BCUT2D eigenvalue weighted by molar-refractivity contribution is 5.95. The normalized spacial score (nSPS) is 22.8. The second kappa shape index (κ2) is 5.35. The number of nitrogens with one attached hydrogen (secondary N) is 2. The van der Waals surface area contributed by atoms with Crippen LogP contribution >= 0.6 is 0 Å². The predicted molar refractivity (Wildman–Crippen MR) is 67.2 cm³/mol. The van der Waals surface area contributed by atoms with E-state index in [1.807, 2.05) is 6.92 Å². The van der Waals surface area contributed by atoms with Gasteiger partial charge in [-0.1, -0.05) is 6.92 Å². The van der Waals surface area contributed by atoms with Crippen LogP contribution in [0.4, 0.5) is 10.1 Å². The van der Waals surface area contributed by atoms with Crippen LogP contribution in [0, 0.1) is 11.7 Å². The monoisotopic (exact) mass is 252 g/mol. The minimum Gasteiger partial charge on any atom is -0.497 e. The first-order chi connectivity index (χ1) is 8.60. The Morgan fingerprint density at radius 2 is 2.28 bits per heavy atom. The van der Waals surface area contributed by atoms with E-state index in [2.05, 4.69) is 10.6 Å². The van der Waals surface area contributed by atoms with Crippen molar-refractivity contribution in [3.63, 3.8) is 0 Å². The van der Waals surface area contributed by atoms with Gasteiger partial charge in [0.05, 0.1) is 13.2 Å². The summed E-state index contributed by atoms with van der Waals surface area (Å²) in [5.74, 6) is 0.114. The maximum atomic E-state index is 13.3. The minimum absolute atomic E-state index is 0.132. The lowest BCUT2D eigenvalue weighted by Gasteiger charge is -2.15. The van der Waals surface area contributed by atoms with Crippen molar-refractivity contribution in [3.05, 3.63) is 24.0 Å². The number of benzene rings is 1. The topological polar surface area (TPSA) is 50.4 Å². The number of hydrogen-bond acceptors (Lipinski definition) is 3. The third-order valence-electron chi connectivity index (χ3n) is 3.19. The Morgan fingerprint density at radius 1 is 1.50 bits per heavy atom. The molecule has 0 bridgehead atoms. The van der Waals surface area contributed by atoms with E-state index < -0.39 is 5.82 Å². The Labute approximate surface area is 106 Å². The quantitative estimate of drug-likeness (QED) is 0.862. The summed E-state index contributed by atoms with van der Waals surface area (Å²) in [6, 6.07) is 3.94. The van der Waals surface area contributed by atoms with E-state index in [4.69, 9.17) is 4.74 Å². The van der Waals surface area contributed by atoms with Crippen LogP contribution in [-0.4, -0.2) is 25.6 Å². The summed E-state index contributed by atoms with van der Waals surface area (Å²) in [5.41, 5.74) is 0.415. The van der Waals surface area contributed by atoms with Crippen molar-refractivity contribution in [1.82, 2.24) is 5.32 Å². The molecule has 98 valence electrons. The molecular weight excluding hydrogens is 235 g/mol. The highest BCUT2D eigenvalue weighted by atomic mass is 19.1. The van der Waals surface area contributed by atoms with Gasteiger partial charge in [-0.25, -0.2) is 4.39 Å². The zero-order valence-electron chi connectivity index (χ0n) is 10.5. The van der Waals surface area contributed by atoms with Gasteiger partial charge in [-0.15, -0.1) is 0 Å². The molecule has 2 atom stereocenters. The molecule has 2 unspecified atom stereocenters. The summed E-state index contributed by atoms with van der Waals surface area (Å²) in [4.78, 5) is 12.0. The smallest absolute Gasteiger partial charge is 0.241 e. The van der Waals surface area contributed by atoms with Gasteiger partial charge in [0.15, 0.2) is 0 Å². The van der Waals surface area contributed by atoms with Gasteiger partial charge in [0.1, 0.15) is 11.6 Å². The van der Waals surface area contributed by atoms with Crippen LogP contribution in [0.15, 0.2) is 18.2 Å². The van der Waals surface area contributed by atoms with Crippen LogP contribution in [0.25, 0.3) is 0 Å². The molecule has 1 heterocycles. The number of carbonyl (C=O) groups excluding carboxylic acids is 1. The molecule has 2 rings (SSSR count). The highest BCUT2D eigenvalue weighted by Crippen LogP contribution is 2.21. The van der Waals surface area contributed by atoms with Gasteiger partial charge in [-0.3, -0.25) is 4.79 Å². The van der Waals surface area contributed by atoms with Crippen LogP contribution in [-0.2, 0) is 4.79 Å². The van der Waals surface area contributed by atoms with Gasteiger partial charge in [-0.05, 0) is 24.9 Å². The molecule has 1 saturated heterocycles. The van der Waals surface area contributed by atoms with E-state index in [0.29, 0.717) is 17.4 Å². The summed E-state index contributed by atoms with van der Waals surface area (Å²) in [5, 5.41) is 5.84. The van der Waals surface area contributed by atoms with Crippen LogP contribution in [0.1, 0.15) is 13.3 Å². The molecule has 0 spiro atoms. The van der Waals surface area contributed by atoms with E-state index in [-0.39, 0.29) is 11.9 Å². The van der Waals surface area contributed by atoms with E-state index in [9.17, 15) is 9.18 Å². The first-order valence-corrected chi connectivity index (χ1v) is 5.99. The number of ether oxygens (including phenoxy) is 1. The Balaban J connectivity index is 2.09. The molecule has 0 saturated carbocycles. The van der Waals surface area contributed by atoms with E-state index in [0.717, 1.165) is 13.0 Å². The first kappa shape index (κ1) is 12.8. The molecule has 2 N–H and O–H groups in total. The third-order valence-corrected chi connectivity index (χ3v) is 3.19. The summed E-state index contributed by atoms with van der Waals surface area (Å²) < 4.78 is 18.2. The lowest BCUT2D eigenvalue weighted by atomic mass is 10.0. The average molecular weight is 252 g/mol. The second-order valence-electron chi connectivity index (χ2n) is 4.57. The van der Waals surface area contributed by atoms with Gasteiger partial charge in [-0.2, -0.15) is 0 Å². The van der Waals surface area contributed by atoms with Crippen molar-refractivity contribution in [2.75, 3.05) is 19.0 Å². The molecular formula is C13H17FN2O2. The molecule has 1 aliphatic rings. The molecule has 0 aromatic heterocycles. The summed E-state index contributed by atoms with van der Waals surface area (Å²) in [6.45, 7) is 2.86. The maximum Gasteiger partial charge on any atom is 0.241 e. The van der Waals surface area contributed by atoms with Crippen molar-refractivity contribution in [1.29, 1.82) is 0 Å². The summed E-state index contributed by atoms with van der Waals surface area (Å²) in [7, 11) is 1.46. The highest BCUT2D eigenvalue weighted by Gasteiger charge is 2.29. The van der Waals surface area contributed by atoms with Crippen LogP contribution < -0.4 is 15.4 Å². The summed E-state index contributed by atoms with van der Waals surface area (Å²) in [6.07, 6.45) is 0.977. The SMILES string of the molecule is COc1cc(F)cc(NC(=O)C2NCCC2C)c1.